The summed E-state index contributed by atoms with van der Waals surface area (Å²) in [5.41, 5.74) is 1.53. The van der Waals surface area contributed by atoms with Gasteiger partial charge in [-0.15, -0.1) is 0 Å². The molecular weight excluding hydrogens is 623 g/mol. The lowest BCUT2D eigenvalue weighted by Crippen LogP contribution is -2.29. The number of rotatable bonds is 15. The van der Waals surface area contributed by atoms with Crippen LogP contribution in [0.15, 0.2) is 48.5 Å². The van der Waals surface area contributed by atoms with Crippen LogP contribution in [-0.2, 0) is 26.8 Å². The number of nitrogens with one attached hydrogen (secondary N) is 1. The van der Waals surface area contributed by atoms with Crippen molar-refractivity contribution in [3.05, 3.63) is 76.1 Å². The number of hydrogen-bond donors (Lipinski definition) is 1. The van der Waals surface area contributed by atoms with E-state index in [9.17, 15) is 31.2 Å². The Labute approximate surface area is 258 Å². The van der Waals surface area contributed by atoms with Gasteiger partial charge in [0, 0.05) is 43.9 Å². The number of Topliss-reactive ketones (excluding diaryl/α,β-unsaturated/α-hetero) is 2. The number of ketones is 2. The maximum Gasteiger partial charge on any atom is 0.422 e. The summed E-state index contributed by atoms with van der Waals surface area (Å²) in [4.78, 5) is 37.2. The highest BCUT2D eigenvalue weighted by molar-refractivity contribution is 7.89. The van der Waals surface area contributed by atoms with Gasteiger partial charge >= 0.3 is 12.2 Å². The number of sulfonamides is 1. The molecule has 15 heteroatoms. The standard InChI is InChI=1S/C29H31ClF3N5O5S/c1-38(2)44(41,42)17-23(39)4-3-5-24(40)20-8-6-19(7-9-20)16-25-34-26(36-27(35-25)43-18-29(31,32)33)37-28(14-15-28)21-10-12-22(30)13-11-21/h6-13H,3-5,14-18H2,1-2H3,(H,34,35,36,37). The van der Waals surface area contributed by atoms with Gasteiger partial charge in [-0.25, -0.2) is 12.7 Å². The summed E-state index contributed by atoms with van der Waals surface area (Å²) in [6.45, 7) is -1.56. The zero-order valence-corrected chi connectivity index (χ0v) is 25.6. The van der Waals surface area contributed by atoms with Crippen LogP contribution >= 0.6 is 11.6 Å². The van der Waals surface area contributed by atoms with E-state index in [-0.39, 0.29) is 43.2 Å². The summed E-state index contributed by atoms with van der Waals surface area (Å²) >= 11 is 6.01. The second-order valence-electron chi connectivity index (χ2n) is 10.7. The van der Waals surface area contributed by atoms with Crippen LogP contribution in [0.1, 0.15) is 59.4 Å². The van der Waals surface area contributed by atoms with Gasteiger partial charge in [-0.1, -0.05) is 48.0 Å². The lowest BCUT2D eigenvalue weighted by molar-refractivity contribution is -0.154. The van der Waals surface area contributed by atoms with Crippen LogP contribution in [0.4, 0.5) is 19.1 Å². The van der Waals surface area contributed by atoms with Crippen LogP contribution in [0.3, 0.4) is 0 Å². The molecule has 0 atom stereocenters. The molecule has 10 nitrogen and oxygen atoms in total. The van der Waals surface area contributed by atoms with Crippen molar-refractivity contribution in [3.8, 4) is 6.01 Å². The molecule has 0 bridgehead atoms. The number of carbonyl (C=O) groups excluding carboxylic acids is 2. The SMILES string of the molecule is CN(C)S(=O)(=O)CC(=O)CCCC(=O)c1ccc(Cc2nc(NC3(c4ccc(Cl)cc4)CC3)nc(OCC(F)(F)F)n2)cc1. The molecular formula is C29H31ClF3N5O5S. The normalized spacial score (nSPS) is 14.3. The van der Waals surface area contributed by atoms with Crippen LogP contribution < -0.4 is 10.1 Å². The number of ether oxygens (including phenoxy) is 1. The van der Waals surface area contributed by atoms with Crippen LogP contribution in [0, 0.1) is 0 Å². The van der Waals surface area contributed by atoms with Crippen molar-refractivity contribution < 1.29 is 35.9 Å². The molecule has 2 aromatic carbocycles. The monoisotopic (exact) mass is 653 g/mol. The van der Waals surface area contributed by atoms with E-state index < -0.39 is 45.9 Å². The minimum atomic E-state index is -4.58. The number of hydrogen-bond acceptors (Lipinski definition) is 9. The van der Waals surface area contributed by atoms with E-state index in [0.29, 0.717) is 16.1 Å². The van der Waals surface area contributed by atoms with E-state index in [0.717, 1.165) is 22.7 Å². The van der Waals surface area contributed by atoms with Gasteiger partial charge in [0.2, 0.25) is 16.0 Å². The zero-order chi connectivity index (χ0) is 32.1. The van der Waals surface area contributed by atoms with Crippen molar-refractivity contribution >= 4 is 39.1 Å². The molecule has 0 amide bonds. The maximum absolute atomic E-state index is 12.8. The van der Waals surface area contributed by atoms with Gasteiger partial charge in [-0.05, 0) is 42.5 Å². The summed E-state index contributed by atoms with van der Waals surface area (Å²) in [6.07, 6.45) is -2.71. The quantitative estimate of drug-likeness (QED) is 0.226. The van der Waals surface area contributed by atoms with E-state index in [1.807, 2.05) is 12.1 Å². The maximum atomic E-state index is 12.8. The molecule has 1 N–H and O–H groups in total. The number of nitrogens with zero attached hydrogens (tertiary/aromatic N) is 4. The van der Waals surface area contributed by atoms with E-state index in [1.54, 1.807) is 36.4 Å². The fourth-order valence-electron chi connectivity index (χ4n) is 4.32. The van der Waals surface area contributed by atoms with Crippen molar-refractivity contribution in [1.29, 1.82) is 0 Å². The first kappa shape index (κ1) is 33.3. The molecule has 0 unspecified atom stereocenters. The first-order valence-corrected chi connectivity index (χ1v) is 15.7. The van der Waals surface area contributed by atoms with Crippen LogP contribution in [0.2, 0.25) is 5.02 Å². The molecule has 1 heterocycles. The fraction of sp³-hybridized carbons (Fsp3) is 0.414. The van der Waals surface area contributed by atoms with Gasteiger partial charge in [0.15, 0.2) is 12.4 Å². The molecule has 3 aromatic rings. The number of alkyl halides is 3. The number of carbonyl (C=O) groups is 2. The summed E-state index contributed by atoms with van der Waals surface area (Å²) in [5, 5.41) is 3.80. The highest BCUT2D eigenvalue weighted by Crippen LogP contribution is 2.48. The Morgan fingerprint density at radius 3 is 2.25 bits per heavy atom. The molecule has 1 aromatic heterocycles. The zero-order valence-electron chi connectivity index (χ0n) is 24.0. The molecule has 0 radical (unpaired) electrons. The predicted octanol–water partition coefficient (Wildman–Crippen LogP) is 4.97. The number of benzene rings is 2. The number of aromatic nitrogens is 3. The Morgan fingerprint density at radius 1 is 1.00 bits per heavy atom. The minimum absolute atomic E-state index is 0.0370. The lowest BCUT2D eigenvalue weighted by atomic mass is 10.0. The van der Waals surface area contributed by atoms with E-state index in [2.05, 4.69) is 20.3 Å². The van der Waals surface area contributed by atoms with Crippen molar-refractivity contribution in [2.45, 2.75) is 50.2 Å². The first-order valence-electron chi connectivity index (χ1n) is 13.7. The van der Waals surface area contributed by atoms with Gasteiger partial charge in [0.1, 0.15) is 17.4 Å². The van der Waals surface area contributed by atoms with Gasteiger partial charge in [0.05, 0.1) is 5.54 Å². The largest absolute Gasteiger partial charge is 0.454 e. The van der Waals surface area contributed by atoms with Gasteiger partial charge in [0.25, 0.3) is 0 Å². The average Bonchev–Trinajstić information content (AvgIpc) is 3.72. The van der Waals surface area contributed by atoms with E-state index in [1.165, 1.54) is 14.1 Å². The third-order valence-electron chi connectivity index (χ3n) is 6.92. The topological polar surface area (TPSA) is 131 Å². The lowest BCUT2D eigenvalue weighted by Gasteiger charge is -2.19. The van der Waals surface area contributed by atoms with Crippen molar-refractivity contribution in [1.82, 2.24) is 19.3 Å². The Balaban J connectivity index is 1.42. The van der Waals surface area contributed by atoms with Gasteiger partial charge in [-0.2, -0.15) is 28.1 Å². The molecule has 1 saturated carbocycles. The molecule has 0 saturated heterocycles. The number of anilines is 1. The van der Waals surface area contributed by atoms with Crippen molar-refractivity contribution in [3.63, 3.8) is 0 Å². The van der Waals surface area contributed by atoms with Crippen molar-refractivity contribution in [2.24, 2.45) is 0 Å². The van der Waals surface area contributed by atoms with Gasteiger partial charge < -0.3 is 10.1 Å². The van der Waals surface area contributed by atoms with E-state index in [4.69, 9.17) is 16.3 Å². The van der Waals surface area contributed by atoms with Crippen molar-refractivity contribution in [2.75, 3.05) is 31.8 Å². The third kappa shape index (κ3) is 9.44. The smallest absolute Gasteiger partial charge is 0.422 e. The number of halogens is 4. The second-order valence-corrected chi connectivity index (χ2v) is 13.3. The molecule has 1 aliphatic carbocycles. The second kappa shape index (κ2) is 13.6. The summed E-state index contributed by atoms with van der Waals surface area (Å²) in [7, 11) is -0.955. The highest BCUT2D eigenvalue weighted by atomic mass is 35.5. The Kier molecular flexibility index (Phi) is 10.3. The minimum Gasteiger partial charge on any atom is -0.454 e. The summed E-state index contributed by atoms with van der Waals surface area (Å²) < 4.78 is 68.0. The molecule has 0 spiro atoms. The molecule has 44 heavy (non-hydrogen) atoms. The average molecular weight is 654 g/mol. The molecule has 236 valence electrons. The Hall–Kier alpha value is -3.62. The Bertz CT molecular complexity index is 1600. The predicted molar refractivity (Wildman–Crippen MR) is 157 cm³/mol. The van der Waals surface area contributed by atoms with E-state index >= 15 is 0 Å². The summed E-state index contributed by atoms with van der Waals surface area (Å²) in [6, 6.07) is 13.3. The van der Waals surface area contributed by atoms with Crippen LogP contribution in [0.25, 0.3) is 0 Å². The molecule has 1 fully saturated rings. The summed E-state index contributed by atoms with van der Waals surface area (Å²) in [5.74, 6) is -1.06. The highest BCUT2D eigenvalue weighted by Gasteiger charge is 2.45. The van der Waals surface area contributed by atoms with Crippen LogP contribution in [-0.4, -0.2) is 71.9 Å². The first-order chi connectivity index (χ1) is 20.6. The van der Waals surface area contributed by atoms with Crippen LogP contribution in [0.5, 0.6) is 6.01 Å². The fourth-order valence-corrected chi connectivity index (χ4v) is 5.26. The Morgan fingerprint density at radius 2 is 1.66 bits per heavy atom. The van der Waals surface area contributed by atoms with Gasteiger partial charge in [-0.3, -0.25) is 9.59 Å². The molecule has 1 aliphatic rings. The molecule has 0 aliphatic heterocycles. The third-order valence-corrected chi connectivity index (χ3v) is 8.97. The molecule has 4 rings (SSSR count).